The number of hydrogen-bond donors (Lipinski definition) is 0. The maximum atomic E-state index is 2.32. The molecule has 0 fully saturated rings. The van der Waals surface area contributed by atoms with E-state index in [2.05, 4.69) is 38.2 Å². The molecule has 0 aliphatic carbocycles. The summed E-state index contributed by atoms with van der Waals surface area (Å²) < 4.78 is 0. The van der Waals surface area contributed by atoms with Gasteiger partial charge in [0.15, 0.2) is 0 Å². The van der Waals surface area contributed by atoms with Gasteiger partial charge in [0.1, 0.15) is 0 Å². The van der Waals surface area contributed by atoms with Crippen LogP contribution in [0.5, 0.6) is 0 Å². The summed E-state index contributed by atoms with van der Waals surface area (Å²) >= 11 is 0. The predicted molar refractivity (Wildman–Crippen MR) is 66.6 cm³/mol. The molecule has 0 N–H and O–H groups in total. The van der Waals surface area contributed by atoms with Crippen LogP contribution in [0.2, 0.25) is 0 Å². The van der Waals surface area contributed by atoms with Gasteiger partial charge in [-0.3, -0.25) is 0 Å². The van der Waals surface area contributed by atoms with Crippen molar-refractivity contribution in [1.29, 1.82) is 0 Å². The molecule has 0 bridgehead atoms. The second-order valence-corrected chi connectivity index (χ2v) is 3.80. The van der Waals surface area contributed by atoms with Crippen molar-refractivity contribution < 1.29 is 0 Å². The minimum absolute atomic E-state index is 1.21. The van der Waals surface area contributed by atoms with Crippen LogP contribution in [0.1, 0.15) is 65.2 Å². The Labute approximate surface area is 90.1 Å². The highest BCUT2D eigenvalue weighted by Crippen LogP contribution is 2.00. The number of hydrogen-bond acceptors (Lipinski definition) is 0. The Morgan fingerprint density at radius 3 is 1.29 bits per heavy atom. The second-order valence-electron chi connectivity index (χ2n) is 3.80. The van der Waals surface area contributed by atoms with E-state index in [-0.39, 0.29) is 0 Å². The molecule has 0 spiro atoms. The Balaban J connectivity index is 3.11. The Hall–Kier alpha value is -0.520. The SMILES string of the molecule is CCCC/C=C\CC/C=C\CCCC. The monoisotopic (exact) mass is 194 g/mol. The molecule has 0 aliphatic heterocycles. The lowest BCUT2D eigenvalue weighted by Crippen LogP contribution is -1.70. The van der Waals surface area contributed by atoms with E-state index >= 15 is 0 Å². The van der Waals surface area contributed by atoms with Crippen molar-refractivity contribution in [2.75, 3.05) is 0 Å². The van der Waals surface area contributed by atoms with Gasteiger partial charge in [0, 0.05) is 0 Å². The maximum absolute atomic E-state index is 2.32. The van der Waals surface area contributed by atoms with Gasteiger partial charge in [0.25, 0.3) is 0 Å². The van der Waals surface area contributed by atoms with E-state index in [0.717, 1.165) is 0 Å². The van der Waals surface area contributed by atoms with Crippen LogP contribution in [0.25, 0.3) is 0 Å². The van der Waals surface area contributed by atoms with Gasteiger partial charge < -0.3 is 0 Å². The molecule has 0 aromatic rings. The number of allylic oxidation sites excluding steroid dienone is 4. The maximum Gasteiger partial charge on any atom is -0.0316 e. The summed E-state index contributed by atoms with van der Waals surface area (Å²) in [7, 11) is 0. The van der Waals surface area contributed by atoms with Crippen LogP contribution in [0.15, 0.2) is 24.3 Å². The molecule has 0 radical (unpaired) electrons. The molecule has 0 saturated heterocycles. The van der Waals surface area contributed by atoms with Gasteiger partial charge in [-0.25, -0.2) is 0 Å². The molecule has 0 atom stereocenters. The summed E-state index contributed by atoms with van der Waals surface area (Å²) in [6.07, 6.45) is 19.5. The fourth-order valence-electron chi connectivity index (χ4n) is 1.31. The summed E-state index contributed by atoms with van der Waals surface area (Å²) in [5.74, 6) is 0. The van der Waals surface area contributed by atoms with Gasteiger partial charge in [0.05, 0.1) is 0 Å². The van der Waals surface area contributed by atoms with E-state index in [1.54, 1.807) is 0 Å². The molecule has 0 rings (SSSR count). The van der Waals surface area contributed by atoms with Crippen molar-refractivity contribution in [2.24, 2.45) is 0 Å². The van der Waals surface area contributed by atoms with Crippen molar-refractivity contribution >= 4 is 0 Å². The van der Waals surface area contributed by atoms with Crippen LogP contribution in [0.3, 0.4) is 0 Å². The fourth-order valence-corrected chi connectivity index (χ4v) is 1.31. The van der Waals surface area contributed by atoms with Crippen LogP contribution in [0, 0.1) is 0 Å². The lowest BCUT2D eigenvalue weighted by atomic mass is 10.2. The third kappa shape index (κ3) is 11.5. The summed E-state index contributed by atoms with van der Waals surface area (Å²) in [4.78, 5) is 0. The summed E-state index contributed by atoms with van der Waals surface area (Å²) in [5.41, 5.74) is 0. The Morgan fingerprint density at radius 1 is 0.571 bits per heavy atom. The first-order valence-electron chi connectivity index (χ1n) is 6.21. The molecular formula is C14H26. The van der Waals surface area contributed by atoms with Crippen LogP contribution in [-0.2, 0) is 0 Å². The summed E-state index contributed by atoms with van der Waals surface area (Å²) in [6.45, 7) is 4.48. The third-order valence-electron chi connectivity index (χ3n) is 2.28. The van der Waals surface area contributed by atoms with E-state index in [1.165, 1.54) is 51.4 Å². The first-order chi connectivity index (χ1) is 6.91. The molecule has 0 saturated carbocycles. The molecule has 0 heterocycles. The molecule has 0 aromatic carbocycles. The van der Waals surface area contributed by atoms with Crippen molar-refractivity contribution in [2.45, 2.75) is 65.2 Å². The van der Waals surface area contributed by atoms with Crippen LogP contribution in [0.4, 0.5) is 0 Å². The molecule has 0 unspecified atom stereocenters. The molecule has 0 aliphatic rings. The van der Waals surface area contributed by atoms with Gasteiger partial charge in [0.2, 0.25) is 0 Å². The van der Waals surface area contributed by atoms with Gasteiger partial charge in [-0.15, -0.1) is 0 Å². The minimum Gasteiger partial charge on any atom is -0.0885 e. The topological polar surface area (TPSA) is 0 Å². The first-order valence-corrected chi connectivity index (χ1v) is 6.21. The van der Waals surface area contributed by atoms with E-state index in [0.29, 0.717) is 0 Å². The van der Waals surface area contributed by atoms with E-state index in [4.69, 9.17) is 0 Å². The lowest BCUT2D eigenvalue weighted by molar-refractivity contribution is 0.808. The van der Waals surface area contributed by atoms with Crippen molar-refractivity contribution in [1.82, 2.24) is 0 Å². The summed E-state index contributed by atoms with van der Waals surface area (Å²) in [6, 6.07) is 0. The minimum atomic E-state index is 1.21. The van der Waals surface area contributed by atoms with Crippen molar-refractivity contribution in [3.63, 3.8) is 0 Å². The molecule has 14 heavy (non-hydrogen) atoms. The van der Waals surface area contributed by atoms with Crippen LogP contribution < -0.4 is 0 Å². The summed E-state index contributed by atoms with van der Waals surface area (Å²) in [5, 5.41) is 0. The lowest BCUT2D eigenvalue weighted by Gasteiger charge is -1.90. The van der Waals surface area contributed by atoms with Gasteiger partial charge in [-0.1, -0.05) is 63.8 Å². The standard InChI is InChI=1S/C14H26/c1-3-5-7-9-11-13-14-12-10-8-6-4-2/h9-12H,3-8,13-14H2,1-2H3/b11-9-,12-10-. The third-order valence-corrected chi connectivity index (χ3v) is 2.28. The van der Waals surface area contributed by atoms with E-state index < -0.39 is 0 Å². The largest absolute Gasteiger partial charge is 0.0885 e. The smallest absolute Gasteiger partial charge is 0.0316 e. The van der Waals surface area contributed by atoms with Crippen molar-refractivity contribution in [3.8, 4) is 0 Å². The Kier molecular flexibility index (Phi) is 12.0. The highest BCUT2D eigenvalue weighted by molar-refractivity contribution is 4.87. The highest BCUT2D eigenvalue weighted by Gasteiger charge is 1.80. The van der Waals surface area contributed by atoms with Crippen LogP contribution >= 0.6 is 0 Å². The Morgan fingerprint density at radius 2 is 0.929 bits per heavy atom. The molecule has 0 nitrogen and oxygen atoms in total. The molecule has 82 valence electrons. The zero-order valence-electron chi connectivity index (χ0n) is 9.97. The van der Waals surface area contributed by atoms with Crippen molar-refractivity contribution in [3.05, 3.63) is 24.3 Å². The highest BCUT2D eigenvalue weighted by atomic mass is 13.9. The van der Waals surface area contributed by atoms with E-state index in [9.17, 15) is 0 Å². The number of rotatable bonds is 9. The second kappa shape index (κ2) is 12.5. The van der Waals surface area contributed by atoms with Gasteiger partial charge in [-0.2, -0.15) is 0 Å². The molecular weight excluding hydrogens is 168 g/mol. The zero-order valence-corrected chi connectivity index (χ0v) is 9.97. The number of unbranched alkanes of at least 4 members (excludes halogenated alkanes) is 5. The Bertz CT molecular complexity index is 124. The first kappa shape index (κ1) is 13.5. The van der Waals surface area contributed by atoms with Crippen LogP contribution in [-0.4, -0.2) is 0 Å². The average Bonchev–Trinajstić information content (AvgIpc) is 2.21. The molecule has 0 amide bonds. The van der Waals surface area contributed by atoms with E-state index in [1.807, 2.05) is 0 Å². The van der Waals surface area contributed by atoms with Gasteiger partial charge >= 0.3 is 0 Å². The zero-order chi connectivity index (χ0) is 10.5. The average molecular weight is 194 g/mol. The molecule has 0 aromatic heterocycles. The fraction of sp³-hybridized carbons (Fsp3) is 0.714. The quantitative estimate of drug-likeness (QED) is 0.347. The van der Waals surface area contributed by atoms with Gasteiger partial charge in [-0.05, 0) is 25.7 Å². The molecule has 0 heteroatoms. The normalized spacial score (nSPS) is 11.9. The predicted octanol–water partition coefficient (Wildman–Crippen LogP) is 5.26.